The smallest absolute Gasteiger partial charge is 0.191 e. The normalized spacial score (nSPS) is 10.4. The second-order valence-electron chi connectivity index (χ2n) is 4.56. The van der Waals surface area contributed by atoms with E-state index >= 15 is 0 Å². The summed E-state index contributed by atoms with van der Waals surface area (Å²) in [4.78, 5) is 10.3. The molecule has 0 heterocycles. The minimum Gasteiger partial charge on any atom is -0.546 e. The van der Waals surface area contributed by atoms with E-state index in [-0.39, 0.29) is 0 Å². The lowest BCUT2D eigenvalue weighted by atomic mass is 10.2. The first-order valence-corrected chi connectivity index (χ1v) is 8.01. The molecule has 0 fully saturated rings. The standard InChI is InChI=1S/C16H14BrN3O3S/c17-12-2-1-3-13(8-12)19-16(24)20-18-9-11-4-6-14(7-5-11)23-10-15(21)22/h1-9H,10H2,(H,21,22)(H2,19,20,24)/p-1/b18-9-. The Morgan fingerprint density at radius 1 is 1.29 bits per heavy atom. The molecule has 0 aliphatic rings. The number of hydrogen-bond acceptors (Lipinski definition) is 5. The molecule has 0 atom stereocenters. The molecule has 8 heteroatoms. The zero-order valence-corrected chi connectivity index (χ0v) is 14.8. The topological polar surface area (TPSA) is 85.8 Å². The predicted octanol–water partition coefficient (Wildman–Crippen LogP) is 1.90. The number of nitrogens with one attached hydrogen (secondary N) is 2. The third kappa shape index (κ3) is 6.35. The number of carbonyl (C=O) groups excluding carboxylic acids is 1. The van der Waals surface area contributed by atoms with E-state index in [1.165, 1.54) is 0 Å². The Hall–Kier alpha value is -2.45. The molecule has 0 amide bonds. The van der Waals surface area contributed by atoms with Crippen molar-refractivity contribution in [3.63, 3.8) is 0 Å². The van der Waals surface area contributed by atoms with Crippen LogP contribution >= 0.6 is 28.1 Å². The van der Waals surface area contributed by atoms with Crippen molar-refractivity contribution in [2.75, 3.05) is 11.9 Å². The van der Waals surface area contributed by atoms with Crippen molar-refractivity contribution in [3.05, 3.63) is 58.6 Å². The number of benzene rings is 2. The summed E-state index contributed by atoms with van der Waals surface area (Å²) in [7, 11) is 0. The van der Waals surface area contributed by atoms with Crippen LogP contribution in [0.4, 0.5) is 5.69 Å². The van der Waals surface area contributed by atoms with Crippen molar-refractivity contribution < 1.29 is 14.6 Å². The van der Waals surface area contributed by atoms with Crippen molar-refractivity contribution in [2.24, 2.45) is 5.10 Å². The van der Waals surface area contributed by atoms with E-state index in [1.807, 2.05) is 24.3 Å². The van der Waals surface area contributed by atoms with Gasteiger partial charge < -0.3 is 20.0 Å². The van der Waals surface area contributed by atoms with Crippen LogP contribution in [0.5, 0.6) is 5.75 Å². The maximum atomic E-state index is 10.3. The molecule has 2 aromatic carbocycles. The van der Waals surface area contributed by atoms with Gasteiger partial charge in [0.2, 0.25) is 0 Å². The Morgan fingerprint density at radius 3 is 2.71 bits per heavy atom. The number of carboxylic acids is 1. The largest absolute Gasteiger partial charge is 0.546 e. The molecule has 2 aromatic rings. The van der Waals surface area contributed by atoms with Crippen LogP contribution in [-0.4, -0.2) is 23.9 Å². The SMILES string of the molecule is O=C([O-])COc1ccc(/C=N\NC(=S)Nc2cccc(Br)c2)cc1. The number of nitrogens with zero attached hydrogens (tertiary/aromatic N) is 1. The van der Waals surface area contributed by atoms with Crippen molar-refractivity contribution in [1.82, 2.24) is 5.43 Å². The monoisotopic (exact) mass is 406 g/mol. The fourth-order valence-corrected chi connectivity index (χ4v) is 2.25. The Bertz CT molecular complexity index is 750. The van der Waals surface area contributed by atoms with Gasteiger partial charge in [-0.2, -0.15) is 5.10 Å². The Kier molecular flexibility index (Phi) is 6.71. The Morgan fingerprint density at radius 2 is 2.04 bits per heavy atom. The van der Waals surface area contributed by atoms with Crippen LogP contribution in [0.15, 0.2) is 58.1 Å². The lowest BCUT2D eigenvalue weighted by Crippen LogP contribution is -2.28. The second-order valence-corrected chi connectivity index (χ2v) is 5.89. The Balaban J connectivity index is 1.82. The van der Waals surface area contributed by atoms with Crippen LogP contribution in [0.25, 0.3) is 0 Å². The highest BCUT2D eigenvalue weighted by atomic mass is 79.9. The minimum absolute atomic E-state index is 0.360. The molecule has 6 nitrogen and oxygen atoms in total. The van der Waals surface area contributed by atoms with Crippen LogP contribution in [0.1, 0.15) is 5.56 Å². The lowest BCUT2D eigenvalue weighted by Gasteiger charge is -2.07. The van der Waals surface area contributed by atoms with Gasteiger partial charge in [0.25, 0.3) is 0 Å². The Labute approximate surface area is 152 Å². The number of halogens is 1. The summed E-state index contributed by atoms with van der Waals surface area (Å²) in [5.41, 5.74) is 4.35. The molecule has 0 saturated heterocycles. The van der Waals surface area contributed by atoms with Crippen LogP contribution < -0.4 is 20.6 Å². The first-order chi connectivity index (χ1) is 11.5. The number of hydrazone groups is 1. The lowest BCUT2D eigenvalue weighted by molar-refractivity contribution is -0.307. The van der Waals surface area contributed by atoms with E-state index in [0.29, 0.717) is 10.9 Å². The zero-order valence-electron chi connectivity index (χ0n) is 12.4. The maximum absolute atomic E-state index is 10.3. The molecule has 0 spiro atoms. The fourth-order valence-electron chi connectivity index (χ4n) is 1.68. The van der Waals surface area contributed by atoms with Crippen LogP contribution in [0.2, 0.25) is 0 Å². The van der Waals surface area contributed by atoms with Gasteiger partial charge in [-0.15, -0.1) is 0 Å². The van der Waals surface area contributed by atoms with Crippen LogP contribution in [-0.2, 0) is 4.79 Å². The molecular formula is C16H13BrN3O3S-. The van der Waals surface area contributed by atoms with E-state index < -0.39 is 12.6 Å². The zero-order chi connectivity index (χ0) is 17.4. The molecule has 124 valence electrons. The average Bonchev–Trinajstić information content (AvgIpc) is 2.54. The minimum atomic E-state index is -1.27. The summed E-state index contributed by atoms with van der Waals surface area (Å²) in [5.74, 6) is -0.826. The van der Waals surface area contributed by atoms with E-state index in [0.717, 1.165) is 15.7 Å². The molecule has 0 bridgehead atoms. The summed E-state index contributed by atoms with van der Waals surface area (Å²) < 4.78 is 5.93. The molecule has 0 aliphatic heterocycles. The van der Waals surface area contributed by atoms with Gasteiger partial charge in [-0.05, 0) is 60.2 Å². The van der Waals surface area contributed by atoms with E-state index in [2.05, 4.69) is 31.8 Å². The number of ether oxygens (including phenoxy) is 1. The van der Waals surface area contributed by atoms with Gasteiger partial charge in [-0.1, -0.05) is 22.0 Å². The molecule has 24 heavy (non-hydrogen) atoms. The van der Waals surface area contributed by atoms with E-state index in [1.54, 1.807) is 30.5 Å². The first-order valence-electron chi connectivity index (χ1n) is 6.81. The number of thiocarbonyl (C=S) groups is 1. The molecule has 0 aliphatic carbocycles. The molecule has 0 aromatic heterocycles. The predicted molar refractivity (Wildman–Crippen MR) is 98.0 cm³/mol. The third-order valence-corrected chi connectivity index (χ3v) is 3.39. The summed E-state index contributed by atoms with van der Waals surface area (Å²) in [5, 5.41) is 17.7. The molecule has 0 saturated carbocycles. The van der Waals surface area contributed by atoms with Gasteiger partial charge in [0, 0.05) is 10.2 Å². The highest BCUT2D eigenvalue weighted by Gasteiger charge is 1.97. The van der Waals surface area contributed by atoms with Crippen LogP contribution in [0, 0.1) is 0 Å². The van der Waals surface area contributed by atoms with Gasteiger partial charge in [0.05, 0.1) is 12.2 Å². The van der Waals surface area contributed by atoms with E-state index in [9.17, 15) is 9.90 Å². The molecule has 2 N–H and O–H groups in total. The molecule has 0 unspecified atom stereocenters. The first kappa shape index (κ1) is 17.9. The number of hydrogen-bond donors (Lipinski definition) is 2. The van der Waals surface area contributed by atoms with Gasteiger partial charge >= 0.3 is 0 Å². The summed E-state index contributed by atoms with van der Waals surface area (Å²) in [6, 6.07) is 14.3. The highest BCUT2D eigenvalue weighted by molar-refractivity contribution is 9.10. The van der Waals surface area contributed by atoms with Gasteiger partial charge in [0.1, 0.15) is 12.4 Å². The third-order valence-electron chi connectivity index (χ3n) is 2.70. The number of carboxylic acid groups (broad SMARTS) is 1. The second kappa shape index (κ2) is 8.99. The average molecular weight is 407 g/mol. The summed E-state index contributed by atoms with van der Waals surface area (Å²) >= 11 is 8.52. The highest BCUT2D eigenvalue weighted by Crippen LogP contribution is 2.15. The maximum Gasteiger partial charge on any atom is 0.191 e. The van der Waals surface area contributed by atoms with E-state index in [4.69, 9.17) is 17.0 Å². The van der Waals surface area contributed by atoms with Gasteiger partial charge in [0.15, 0.2) is 5.11 Å². The number of rotatable bonds is 6. The van der Waals surface area contributed by atoms with Crippen LogP contribution in [0.3, 0.4) is 0 Å². The van der Waals surface area contributed by atoms with Crippen molar-refractivity contribution in [1.29, 1.82) is 0 Å². The summed E-state index contributed by atoms with van der Waals surface area (Å²) in [6.45, 7) is -0.482. The number of anilines is 1. The molecule has 2 rings (SSSR count). The molecular weight excluding hydrogens is 394 g/mol. The number of aliphatic carboxylic acids is 1. The summed E-state index contributed by atoms with van der Waals surface area (Å²) in [6.07, 6.45) is 1.58. The fraction of sp³-hybridized carbons (Fsp3) is 0.0625. The number of carbonyl (C=O) groups is 1. The van der Waals surface area contributed by atoms with Gasteiger partial charge in [-0.3, -0.25) is 5.43 Å². The van der Waals surface area contributed by atoms with Crippen molar-refractivity contribution in [2.45, 2.75) is 0 Å². The van der Waals surface area contributed by atoms with Gasteiger partial charge in [-0.25, -0.2) is 0 Å². The molecule has 0 radical (unpaired) electrons. The van der Waals surface area contributed by atoms with Crippen molar-refractivity contribution in [3.8, 4) is 5.75 Å². The van der Waals surface area contributed by atoms with Crippen molar-refractivity contribution >= 4 is 51.1 Å². The quantitative estimate of drug-likeness (QED) is 0.432.